The van der Waals surface area contributed by atoms with E-state index in [0.29, 0.717) is 4.88 Å². The average molecular weight is 347 g/mol. The van der Waals surface area contributed by atoms with Crippen LogP contribution in [0.5, 0.6) is 0 Å². The lowest BCUT2D eigenvalue weighted by atomic mass is 10.2. The summed E-state index contributed by atoms with van der Waals surface area (Å²) in [7, 11) is 0. The molecule has 3 nitrogen and oxygen atoms in total. The fourth-order valence-electron chi connectivity index (χ4n) is 1.98. The summed E-state index contributed by atoms with van der Waals surface area (Å²) in [5.74, 6) is -0.0969. The van der Waals surface area contributed by atoms with Gasteiger partial charge in [-0.15, -0.1) is 11.3 Å². The van der Waals surface area contributed by atoms with E-state index in [0.717, 1.165) is 25.9 Å². The number of nitrogens with zero attached hydrogens (tertiary/aromatic N) is 1. The van der Waals surface area contributed by atoms with Crippen molar-refractivity contribution in [2.45, 2.75) is 6.92 Å². The van der Waals surface area contributed by atoms with Gasteiger partial charge in [0.15, 0.2) is 0 Å². The molecule has 0 aliphatic heterocycles. The largest absolute Gasteiger partial charge is 0.319 e. The van der Waals surface area contributed by atoms with Crippen molar-refractivity contribution in [1.82, 2.24) is 4.98 Å². The maximum absolute atomic E-state index is 12.2. The van der Waals surface area contributed by atoms with E-state index < -0.39 is 0 Å². The normalized spacial score (nSPS) is 10.7. The van der Waals surface area contributed by atoms with E-state index in [1.165, 1.54) is 11.3 Å². The first-order valence-corrected chi connectivity index (χ1v) is 7.66. The smallest absolute Gasteiger partial charge is 0.265 e. The van der Waals surface area contributed by atoms with Gasteiger partial charge in [0.1, 0.15) is 0 Å². The Kier molecular flexibility index (Phi) is 3.54. The lowest BCUT2D eigenvalue weighted by molar-refractivity contribution is 0.103. The van der Waals surface area contributed by atoms with Crippen LogP contribution in [0.2, 0.25) is 0 Å². The number of fused-ring (bicyclic) bond motifs is 1. The quantitative estimate of drug-likeness (QED) is 0.735. The predicted octanol–water partition coefficient (Wildman–Crippen LogP) is 4.62. The minimum atomic E-state index is -0.0969. The highest BCUT2D eigenvalue weighted by molar-refractivity contribution is 9.10. The molecular formula is C15H11BrN2OS. The summed E-state index contributed by atoms with van der Waals surface area (Å²) in [6.07, 6.45) is 1.73. The number of benzene rings is 1. The molecule has 3 aromatic rings. The number of hydrogen-bond donors (Lipinski definition) is 1. The lowest BCUT2D eigenvalue weighted by Crippen LogP contribution is -2.10. The number of para-hydroxylation sites is 1. The molecule has 20 heavy (non-hydrogen) atoms. The Hall–Kier alpha value is -1.72. The van der Waals surface area contributed by atoms with Crippen molar-refractivity contribution in [2.75, 3.05) is 5.32 Å². The topological polar surface area (TPSA) is 42.0 Å². The number of pyridine rings is 1. The fraction of sp³-hybridized carbons (Fsp3) is 0.0667. The number of rotatable bonds is 2. The van der Waals surface area contributed by atoms with Crippen molar-refractivity contribution < 1.29 is 4.79 Å². The summed E-state index contributed by atoms with van der Waals surface area (Å²) in [4.78, 5) is 18.4. The number of hydrogen-bond acceptors (Lipinski definition) is 3. The van der Waals surface area contributed by atoms with Crippen LogP contribution in [0.15, 0.2) is 47.1 Å². The first-order chi connectivity index (χ1) is 9.63. The summed E-state index contributed by atoms with van der Waals surface area (Å²) < 4.78 is 0.919. The van der Waals surface area contributed by atoms with Gasteiger partial charge in [0.25, 0.3) is 5.91 Å². The number of carbonyl (C=O) groups excluding carboxylic acids is 1. The molecule has 5 heteroatoms. The van der Waals surface area contributed by atoms with Crippen molar-refractivity contribution in [3.8, 4) is 0 Å². The number of anilines is 1. The molecule has 0 atom stereocenters. The van der Waals surface area contributed by atoms with Crippen LogP contribution in [0, 0.1) is 6.92 Å². The molecule has 100 valence electrons. The Balaban J connectivity index is 1.97. The predicted molar refractivity (Wildman–Crippen MR) is 86.5 cm³/mol. The molecule has 0 aliphatic rings. The monoisotopic (exact) mass is 346 g/mol. The van der Waals surface area contributed by atoms with E-state index in [1.54, 1.807) is 6.20 Å². The van der Waals surface area contributed by atoms with Crippen molar-refractivity contribution in [3.05, 3.63) is 56.8 Å². The molecule has 2 heterocycles. The van der Waals surface area contributed by atoms with E-state index in [2.05, 4.69) is 26.2 Å². The molecule has 0 spiro atoms. The molecule has 0 aliphatic carbocycles. The first-order valence-electron chi connectivity index (χ1n) is 6.05. The minimum Gasteiger partial charge on any atom is -0.319 e. The van der Waals surface area contributed by atoms with Gasteiger partial charge in [-0.1, -0.05) is 12.1 Å². The van der Waals surface area contributed by atoms with Gasteiger partial charge < -0.3 is 5.32 Å². The summed E-state index contributed by atoms with van der Waals surface area (Å²) in [5, 5.41) is 3.91. The summed E-state index contributed by atoms with van der Waals surface area (Å²) in [6.45, 7) is 1.98. The van der Waals surface area contributed by atoms with Crippen LogP contribution in [-0.4, -0.2) is 10.9 Å². The molecule has 0 fully saturated rings. The number of thiophene rings is 1. The zero-order chi connectivity index (χ0) is 14.1. The fourth-order valence-corrected chi connectivity index (χ4v) is 3.09. The van der Waals surface area contributed by atoms with Crippen LogP contribution >= 0.6 is 27.3 Å². The highest BCUT2D eigenvalue weighted by atomic mass is 79.9. The molecule has 0 unspecified atom stereocenters. The molecular weight excluding hydrogens is 336 g/mol. The molecule has 3 rings (SSSR count). The van der Waals surface area contributed by atoms with Crippen LogP contribution in [0.1, 0.15) is 14.5 Å². The molecule has 0 bridgehead atoms. The van der Waals surface area contributed by atoms with Gasteiger partial charge in [-0.2, -0.15) is 0 Å². The van der Waals surface area contributed by atoms with Crippen molar-refractivity contribution >= 4 is 49.8 Å². The Morgan fingerprint density at radius 3 is 2.90 bits per heavy atom. The van der Waals surface area contributed by atoms with E-state index >= 15 is 0 Å². The molecule has 1 amide bonds. The molecule has 0 radical (unpaired) electrons. The third-order valence-electron chi connectivity index (χ3n) is 2.89. The Morgan fingerprint density at radius 2 is 2.15 bits per heavy atom. The van der Waals surface area contributed by atoms with Gasteiger partial charge >= 0.3 is 0 Å². The number of nitrogens with one attached hydrogen (secondary N) is 1. The average Bonchev–Trinajstić information content (AvgIpc) is 2.85. The number of halogens is 1. The maximum atomic E-state index is 12.2. The van der Waals surface area contributed by atoms with Gasteiger partial charge in [-0.3, -0.25) is 9.78 Å². The first kappa shape index (κ1) is 13.3. The standard InChI is InChI=1S/C15H11BrN2OS/c1-9-5-6-13(20-9)15(19)18-12-4-2-3-10-7-11(16)8-17-14(10)12/h2-8H,1H3,(H,18,19). The number of amides is 1. The molecule has 0 saturated carbocycles. The Morgan fingerprint density at radius 1 is 1.30 bits per heavy atom. The van der Waals surface area contributed by atoms with Gasteiger partial charge in [-0.25, -0.2) is 0 Å². The Bertz CT molecular complexity index is 797. The second kappa shape index (κ2) is 5.34. The molecule has 2 aromatic heterocycles. The molecule has 0 saturated heterocycles. The minimum absolute atomic E-state index is 0.0969. The van der Waals surface area contributed by atoms with Crippen molar-refractivity contribution in [1.29, 1.82) is 0 Å². The Labute approximate surface area is 128 Å². The third kappa shape index (κ3) is 2.59. The molecule has 1 N–H and O–H groups in total. The third-order valence-corrected chi connectivity index (χ3v) is 4.32. The second-order valence-corrected chi connectivity index (χ2v) is 6.60. The van der Waals surface area contributed by atoms with Crippen LogP contribution in [-0.2, 0) is 0 Å². The van der Waals surface area contributed by atoms with Crippen molar-refractivity contribution in [2.24, 2.45) is 0 Å². The van der Waals surface area contributed by atoms with Crippen LogP contribution in [0.3, 0.4) is 0 Å². The van der Waals surface area contributed by atoms with Crippen LogP contribution in [0.4, 0.5) is 5.69 Å². The number of aryl methyl sites for hydroxylation is 1. The van der Waals surface area contributed by atoms with Gasteiger partial charge in [0.05, 0.1) is 16.1 Å². The van der Waals surface area contributed by atoms with Gasteiger partial charge in [0, 0.05) is 20.9 Å². The zero-order valence-electron chi connectivity index (χ0n) is 10.7. The number of carbonyl (C=O) groups is 1. The lowest BCUT2D eigenvalue weighted by Gasteiger charge is -2.07. The van der Waals surface area contributed by atoms with Crippen molar-refractivity contribution in [3.63, 3.8) is 0 Å². The summed E-state index contributed by atoms with van der Waals surface area (Å²) in [6, 6.07) is 11.5. The highest BCUT2D eigenvalue weighted by Gasteiger charge is 2.10. The second-order valence-electron chi connectivity index (χ2n) is 4.40. The summed E-state index contributed by atoms with van der Waals surface area (Å²) >= 11 is 4.88. The van der Waals surface area contributed by atoms with E-state index in [1.807, 2.05) is 43.3 Å². The van der Waals surface area contributed by atoms with Crippen LogP contribution in [0.25, 0.3) is 10.9 Å². The van der Waals surface area contributed by atoms with E-state index in [9.17, 15) is 4.79 Å². The van der Waals surface area contributed by atoms with E-state index in [-0.39, 0.29) is 5.91 Å². The number of aromatic nitrogens is 1. The highest BCUT2D eigenvalue weighted by Crippen LogP contribution is 2.25. The molecule has 1 aromatic carbocycles. The van der Waals surface area contributed by atoms with Gasteiger partial charge in [-0.05, 0) is 47.1 Å². The van der Waals surface area contributed by atoms with Crippen LogP contribution < -0.4 is 5.32 Å². The van der Waals surface area contributed by atoms with E-state index in [4.69, 9.17) is 0 Å². The maximum Gasteiger partial charge on any atom is 0.265 e. The SMILES string of the molecule is Cc1ccc(C(=O)Nc2cccc3cc(Br)cnc23)s1. The summed E-state index contributed by atoms with van der Waals surface area (Å²) in [5.41, 5.74) is 1.52. The zero-order valence-corrected chi connectivity index (χ0v) is 13.1. The van der Waals surface area contributed by atoms with Gasteiger partial charge in [0.2, 0.25) is 0 Å².